The maximum Gasteiger partial charge on any atom is 0.171 e. The molecule has 3 fully saturated rings. The highest BCUT2D eigenvalue weighted by Gasteiger charge is 2.65. The highest BCUT2D eigenvalue weighted by Crippen LogP contribution is 2.66. The van der Waals surface area contributed by atoms with E-state index in [0.29, 0.717) is 16.6 Å². The van der Waals surface area contributed by atoms with Crippen LogP contribution >= 0.6 is 11.3 Å². The largest absolute Gasteiger partial charge is 0.397 e. The molecule has 4 heteroatoms. The lowest BCUT2D eigenvalue weighted by Gasteiger charge is -2.09. The van der Waals surface area contributed by atoms with E-state index in [1.807, 2.05) is 6.07 Å². The van der Waals surface area contributed by atoms with Crippen molar-refractivity contribution < 1.29 is 4.79 Å². The van der Waals surface area contributed by atoms with Gasteiger partial charge in [0.05, 0.1) is 15.6 Å². The predicted octanol–water partition coefficient (Wildman–Crippen LogP) is 2.99. The van der Waals surface area contributed by atoms with Gasteiger partial charge in [-0.05, 0) is 49.0 Å². The van der Waals surface area contributed by atoms with Gasteiger partial charge < -0.3 is 11.1 Å². The predicted molar refractivity (Wildman–Crippen MR) is 74.0 cm³/mol. The number of rotatable bonds is 3. The van der Waals surface area contributed by atoms with Crippen molar-refractivity contribution in [3.8, 4) is 0 Å². The van der Waals surface area contributed by atoms with Crippen LogP contribution in [0.15, 0.2) is 6.07 Å². The van der Waals surface area contributed by atoms with Gasteiger partial charge in [-0.25, -0.2) is 0 Å². The summed E-state index contributed by atoms with van der Waals surface area (Å²) in [5, 5.41) is 4.70. The molecular weight excluding hydrogens is 244 g/mol. The van der Waals surface area contributed by atoms with E-state index in [0.717, 1.165) is 28.7 Å². The van der Waals surface area contributed by atoms with Crippen LogP contribution in [0.25, 0.3) is 0 Å². The highest BCUT2D eigenvalue weighted by molar-refractivity contribution is 7.18. The molecule has 1 heterocycles. The quantitative estimate of drug-likeness (QED) is 0.823. The van der Waals surface area contributed by atoms with Gasteiger partial charge in [0.1, 0.15) is 0 Å². The average Bonchev–Trinajstić information content (AvgIpc) is 2.71. The van der Waals surface area contributed by atoms with E-state index in [2.05, 4.69) is 5.32 Å². The zero-order chi connectivity index (χ0) is 12.4. The Kier molecular flexibility index (Phi) is 2.11. The van der Waals surface area contributed by atoms with E-state index in [9.17, 15) is 4.79 Å². The van der Waals surface area contributed by atoms with Crippen molar-refractivity contribution in [2.75, 3.05) is 11.1 Å². The number of thiophene rings is 1. The summed E-state index contributed by atoms with van der Waals surface area (Å²) in [4.78, 5) is 12.1. The molecule has 3 aliphatic carbocycles. The van der Waals surface area contributed by atoms with Crippen molar-refractivity contribution in [3.05, 3.63) is 10.9 Å². The third kappa shape index (κ3) is 1.38. The molecule has 1 aromatic heterocycles. The molecule has 3 nitrogen and oxygen atoms in total. The number of carbonyl (C=O) groups excluding carboxylic acids is 1. The smallest absolute Gasteiger partial charge is 0.171 e. The van der Waals surface area contributed by atoms with Crippen LogP contribution in [0.4, 0.5) is 10.7 Å². The molecule has 0 spiro atoms. The lowest BCUT2D eigenvalue weighted by molar-refractivity contribution is 0.102. The Morgan fingerprint density at radius 1 is 1.39 bits per heavy atom. The van der Waals surface area contributed by atoms with E-state index in [1.165, 1.54) is 30.6 Å². The SMILES string of the molecule is CC(=O)c1sc(NC2C3C4CCC(C4)C23)cc1N. The normalized spacial score (nSPS) is 39.7. The monoisotopic (exact) mass is 262 g/mol. The van der Waals surface area contributed by atoms with Crippen LogP contribution in [0.5, 0.6) is 0 Å². The van der Waals surface area contributed by atoms with Crippen molar-refractivity contribution in [3.63, 3.8) is 0 Å². The number of carbonyl (C=O) groups is 1. The van der Waals surface area contributed by atoms with Gasteiger partial charge in [0, 0.05) is 13.0 Å². The van der Waals surface area contributed by atoms with E-state index >= 15 is 0 Å². The van der Waals surface area contributed by atoms with Crippen LogP contribution in [0.2, 0.25) is 0 Å². The molecule has 3 N–H and O–H groups in total. The molecule has 3 aliphatic rings. The van der Waals surface area contributed by atoms with E-state index in [1.54, 1.807) is 6.92 Å². The number of hydrogen-bond acceptors (Lipinski definition) is 4. The van der Waals surface area contributed by atoms with Gasteiger partial charge in [0.2, 0.25) is 0 Å². The summed E-state index contributed by atoms with van der Waals surface area (Å²) in [7, 11) is 0. The average molecular weight is 262 g/mol. The summed E-state index contributed by atoms with van der Waals surface area (Å²) < 4.78 is 0. The summed E-state index contributed by atoms with van der Waals surface area (Å²) in [5.41, 5.74) is 6.50. The van der Waals surface area contributed by atoms with Crippen LogP contribution in [0, 0.1) is 23.7 Å². The maximum atomic E-state index is 11.4. The zero-order valence-corrected chi connectivity index (χ0v) is 11.3. The van der Waals surface area contributed by atoms with E-state index in [-0.39, 0.29) is 5.78 Å². The van der Waals surface area contributed by atoms with Crippen LogP contribution < -0.4 is 11.1 Å². The standard InChI is InChI=1S/C14H18N2OS/c1-6(17)14-9(15)5-10(18-14)16-13-11-7-2-3-8(4-7)12(11)13/h5,7-8,11-13,16H,2-4,15H2,1H3. The number of nitrogen functional groups attached to an aromatic ring is 1. The van der Waals surface area contributed by atoms with Gasteiger partial charge in [0.25, 0.3) is 0 Å². The van der Waals surface area contributed by atoms with Crippen LogP contribution in [0.3, 0.4) is 0 Å². The summed E-state index contributed by atoms with van der Waals surface area (Å²) in [6.07, 6.45) is 4.35. The van der Waals surface area contributed by atoms with E-state index in [4.69, 9.17) is 5.73 Å². The van der Waals surface area contributed by atoms with Gasteiger partial charge >= 0.3 is 0 Å². The molecule has 2 bridgehead atoms. The van der Waals surface area contributed by atoms with Gasteiger partial charge in [-0.15, -0.1) is 11.3 Å². The summed E-state index contributed by atoms with van der Waals surface area (Å²) >= 11 is 1.51. The molecular formula is C14H18N2OS. The molecule has 4 unspecified atom stereocenters. The summed E-state index contributed by atoms with van der Waals surface area (Å²) in [5.74, 6) is 3.84. The van der Waals surface area contributed by atoms with Crippen molar-refractivity contribution in [2.45, 2.75) is 32.2 Å². The Labute approximate surface area is 111 Å². The van der Waals surface area contributed by atoms with Crippen LogP contribution in [-0.4, -0.2) is 11.8 Å². The third-order valence-electron chi connectivity index (χ3n) is 5.12. The number of Topliss-reactive ketones (excluding diaryl/α,β-unsaturated/α-hetero) is 1. The summed E-state index contributed by atoms with van der Waals surface area (Å²) in [6.45, 7) is 1.58. The first kappa shape index (κ1) is 10.9. The van der Waals surface area contributed by atoms with Crippen molar-refractivity contribution in [1.82, 2.24) is 0 Å². The Hall–Kier alpha value is -1.03. The number of nitrogens with two attached hydrogens (primary N) is 1. The van der Waals surface area contributed by atoms with Gasteiger partial charge in [-0.3, -0.25) is 4.79 Å². The minimum atomic E-state index is 0.0709. The number of ketones is 1. The second-order valence-corrected chi connectivity index (χ2v) is 7.16. The second-order valence-electron chi connectivity index (χ2n) is 6.11. The minimum Gasteiger partial charge on any atom is -0.397 e. The van der Waals surface area contributed by atoms with Crippen molar-refractivity contribution in [1.29, 1.82) is 0 Å². The fourth-order valence-electron chi connectivity index (χ4n) is 4.43. The van der Waals surface area contributed by atoms with E-state index < -0.39 is 0 Å². The highest BCUT2D eigenvalue weighted by atomic mass is 32.1. The first-order valence-electron chi connectivity index (χ1n) is 6.82. The van der Waals surface area contributed by atoms with Crippen LogP contribution in [0.1, 0.15) is 35.9 Å². The zero-order valence-electron chi connectivity index (χ0n) is 10.5. The Morgan fingerprint density at radius 2 is 2.06 bits per heavy atom. The fraction of sp³-hybridized carbons (Fsp3) is 0.643. The first-order valence-corrected chi connectivity index (χ1v) is 7.63. The number of fused-ring (bicyclic) bond motifs is 5. The number of hydrogen-bond donors (Lipinski definition) is 2. The number of anilines is 2. The van der Waals surface area contributed by atoms with Gasteiger partial charge in [-0.1, -0.05) is 0 Å². The maximum absolute atomic E-state index is 11.4. The molecule has 0 aliphatic heterocycles. The lowest BCUT2D eigenvalue weighted by atomic mass is 10.0. The Morgan fingerprint density at radius 3 is 2.61 bits per heavy atom. The Bertz CT molecular complexity index is 508. The molecule has 18 heavy (non-hydrogen) atoms. The third-order valence-corrected chi connectivity index (χ3v) is 6.31. The molecule has 0 saturated heterocycles. The first-order chi connectivity index (χ1) is 8.65. The summed E-state index contributed by atoms with van der Waals surface area (Å²) in [6, 6.07) is 2.59. The fourth-order valence-corrected chi connectivity index (χ4v) is 5.36. The molecule has 4 atom stereocenters. The lowest BCUT2D eigenvalue weighted by Crippen LogP contribution is -2.11. The van der Waals surface area contributed by atoms with Gasteiger partial charge in [-0.2, -0.15) is 0 Å². The molecule has 3 saturated carbocycles. The number of nitrogens with one attached hydrogen (secondary N) is 1. The topological polar surface area (TPSA) is 55.1 Å². The van der Waals surface area contributed by atoms with Crippen LogP contribution in [-0.2, 0) is 0 Å². The Balaban J connectivity index is 1.50. The molecule has 0 radical (unpaired) electrons. The van der Waals surface area contributed by atoms with Crippen molar-refractivity contribution in [2.24, 2.45) is 23.7 Å². The minimum absolute atomic E-state index is 0.0709. The molecule has 96 valence electrons. The molecule has 0 aromatic carbocycles. The molecule has 0 amide bonds. The van der Waals surface area contributed by atoms with Gasteiger partial charge in [0.15, 0.2) is 5.78 Å². The van der Waals surface area contributed by atoms with Crippen molar-refractivity contribution >= 4 is 27.8 Å². The molecule has 4 rings (SSSR count). The molecule has 1 aromatic rings. The second kappa shape index (κ2) is 3.50.